The summed E-state index contributed by atoms with van der Waals surface area (Å²) in [6.45, 7) is 0.638. The van der Waals surface area contributed by atoms with Gasteiger partial charge in [-0.3, -0.25) is 0 Å². The van der Waals surface area contributed by atoms with Crippen LogP contribution in [0, 0.1) is 0 Å². The van der Waals surface area contributed by atoms with Crippen LogP contribution in [0.3, 0.4) is 0 Å². The Bertz CT molecular complexity index is 286. The summed E-state index contributed by atoms with van der Waals surface area (Å²) in [5, 5.41) is 0. The van der Waals surface area contributed by atoms with Gasteiger partial charge >= 0.3 is 0 Å². The molecule has 0 aromatic carbocycles. The molecule has 0 bridgehead atoms. The molecule has 70 valence electrons. The Balaban J connectivity index is 2.74. The summed E-state index contributed by atoms with van der Waals surface area (Å²) in [6, 6.07) is 0. The highest BCUT2D eigenvalue weighted by atomic mass is 16.5. The average molecular weight is 179 g/mol. The molecule has 0 aliphatic heterocycles. The number of hydrogen-bond donors (Lipinski definition) is 1. The molecule has 0 saturated heterocycles. The normalized spacial score (nSPS) is 10.6. The largest absolute Gasteiger partial charge is 0.479 e. The molecule has 0 radical (unpaired) electrons. The second kappa shape index (κ2) is 5.27. The Morgan fingerprint density at radius 1 is 1.46 bits per heavy atom. The molecule has 0 atom stereocenters. The minimum Gasteiger partial charge on any atom is -0.479 e. The number of aromatic nitrogens is 2. The van der Waals surface area contributed by atoms with Crippen LogP contribution in [-0.2, 0) is 0 Å². The second-order valence-corrected chi connectivity index (χ2v) is 2.43. The van der Waals surface area contributed by atoms with Crippen molar-refractivity contribution in [2.45, 2.75) is 6.42 Å². The number of ether oxygens (including phenoxy) is 1. The van der Waals surface area contributed by atoms with E-state index in [0.29, 0.717) is 12.4 Å². The summed E-state index contributed by atoms with van der Waals surface area (Å²) >= 11 is 0. The van der Waals surface area contributed by atoms with E-state index in [4.69, 9.17) is 10.5 Å². The van der Waals surface area contributed by atoms with Gasteiger partial charge in [-0.05, 0) is 19.0 Å². The van der Waals surface area contributed by atoms with Gasteiger partial charge < -0.3 is 10.5 Å². The summed E-state index contributed by atoms with van der Waals surface area (Å²) in [5.41, 5.74) is 6.08. The van der Waals surface area contributed by atoms with E-state index in [9.17, 15) is 0 Å². The fourth-order valence-electron chi connectivity index (χ4n) is 0.899. The van der Waals surface area contributed by atoms with E-state index in [0.717, 1.165) is 12.1 Å². The van der Waals surface area contributed by atoms with Gasteiger partial charge in [0.05, 0.1) is 7.11 Å². The third-order valence-corrected chi connectivity index (χ3v) is 1.49. The van der Waals surface area contributed by atoms with Gasteiger partial charge in [-0.1, -0.05) is 6.08 Å². The molecule has 2 N–H and O–H groups in total. The van der Waals surface area contributed by atoms with Gasteiger partial charge in [-0.15, -0.1) is 0 Å². The molecule has 0 fully saturated rings. The van der Waals surface area contributed by atoms with Crippen LogP contribution in [0.1, 0.15) is 12.1 Å². The molecule has 1 aromatic rings. The van der Waals surface area contributed by atoms with Crippen molar-refractivity contribution >= 4 is 6.08 Å². The first-order valence-corrected chi connectivity index (χ1v) is 4.10. The Labute approximate surface area is 77.5 Å². The fraction of sp³-hybridized carbons (Fsp3) is 0.333. The molecule has 1 aromatic heterocycles. The molecular weight excluding hydrogens is 166 g/mol. The van der Waals surface area contributed by atoms with E-state index in [-0.39, 0.29) is 0 Å². The summed E-state index contributed by atoms with van der Waals surface area (Å²) in [4.78, 5) is 8.11. The molecule has 0 aliphatic rings. The first-order chi connectivity index (χ1) is 6.38. The lowest BCUT2D eigenvalue weighted by molar-refractivity contribution is 0.394. The van der Waals surface area contributed by atoms with Crippen LogP contribution in [0.15, 0.2) is 18.5 Å². The quantitative estimate of drug-likeness (QED) is 0.744. The monoisotopic (exact) mass is 179 g/mol. The third-order valence-electron chi connectivity index (χ3n) is 1.49. The van der Waals surface area contributed by atoms with Crippen molar-refractivity contribution in [1.29, 1.82) is 0 Å². The lowest BCUT2D eigenvalue weighted by Crippen LogP contribution is -1.96. The molecule has 1 heterocycles. The van der Waals surface area contributed by atoms with Gasteiger partial charge in [-0.25, -0.2) is 9.97 Å². The second-order valence-electron chi connectivity index (χ2n) is 2.43. The Hall–Kier alpha value is -1.42. The molecule has 0 aliphatic carbocycles. The first kappa shape index (κ1) is 9.67. The van der Waals surface area contributed by atoms with Crippen LogP contribution in [-0.4, -0.2) is 23.6 Å². The lowest BCUT2D eigenvalue weighted by Gasteiger charge is -2.00. The topological polar surface area (TPSA) is 61.0 Å². The molecule has 13 heavy (non-hydrogen) atoms. The first-order valence-electron chi connectivity index (χ1n) is 4.10. The van der Waals surface area contributed by atoms with Gasteiger partial charge in [0, 0.05) is 12.4 Å². The van der Waals surface area contributed by atoms with Crippen molar-refractivity contribution in [1.82, 2.24) is 9.97 Å². The molecule has 0 unspecified atom stereocenters. The van der Waals surface area contributed by atoms with Gasteiger partial charge in [-0.2, -0.15) is 0 Å². The average Bonchev–Trinajstić information content (AvgIpc) is 2.19. The van der Waals surface area contributed by atoms with Crippen LogP contribution in [0.2, 0.25) is 0 Å². The van der Waals surface area contributed by atoms with E-state index >= 15 is 0 Å². The van der Waals surface area contributed by atoms with Gasteiger partial charge in [0.2, 0.25) is 5.88 Å². The maximum absolute atomic E-state index is 5.34. The highest BCUT2D eigenvalue weighted by Crippen LogP contribution is 2.11. The molecule has 0 spiro atoms. The van der Waals surface area contributed by atoms with E-state index in [1.807, 2.05) is 12.2 Å². The molecule has 0 saturated carbocycles. The highest BCUT2D eigenvalue weighted by molar-refractivity contribution is 5.49. The highest BCUT2D eigenvalue weighted by Gasteiger charge is 1.98. The minimum absolute atomic E-state index is 0.538. The molecular formula is C9H13N3O. The number of nitrogens with zero attached hydrogens (tertiary/aromatic N) is 2. The molecule has 4 nitrogen and oxygen atoms in total. The van der Waals surface area contributed by atoms with Crippen LogP contribution < -0.4 is 10.5 Å². The van der Waals surface area contributed by atoms with Gasteiger partial charge in [0.15, 0.2) is 0 Å². The third kappa shape index (κ3) is 2.83. The summed E-state index contributed by atoms with van der Waals surface area (Å²) < 4.78 is 5.02. The zero-order chi connectivity index (χ0) is 9.52. The van der Waals surface area contributed by atoms with Crippen molar-refractivity contribution in [3.8, 4) is 5.88 Å². The molecule has 0 amide bonds. The minimum atomic E-state index is 0.538. The number of nitrogens with two attached hydrogens (primary N) is 1. The van der Waals surface area contributed by atoms with Crippen molar-refractivity contribution < 1.29 is 4.74 Å². The predicted molar refractivity (Wildman–Crippen MR) is 51.3 cm³/mol. The van der Waals surface area contributed by atoms with Crippen LogP contribution in [0.5, 0.6) is 5.88 Å². The summed E-state index contributed by atoms with van der Waals surface area (Å²) in [5.74, 6) is 0.538. The van der Waals surface area contributed by atoms with Crippen LogP contribution >= 0.6 is 0 Å². The Kier molecular flexibility index (Phi) is 3.92. The zero-order valence-corrected chi connectivity index (χ0v) is 7.60. The van der Waals surface area contributed by atoms with E-state index < -0.39 is 0 Å². The van der Waals surface area contributed by atoms with Crippen molar-refractivity contribution in [2.75, 3.05) is 13.7 Å². The lowest BCUT2D eigenvalue weighted by atomic mass is 10.3. The van der Waals surface area contributed by atoms with Crippen molar-refractivity contribution in [3.63, 3.8) is 0 Å². The Morgan fingerprint density at radius 3 is 2.92 bits per heavy atom. The SMILES string of the molecule is COc1nccnc1/C=C/CCN. The maximum Gasteiger partial charge on any atom is 0.239 e. The predicted octanol–water partition coefficient (Wildman–Crippen LogP) is 0.847. The summed E-state index contributed by atoms with van der Waals surface area (Å²) in [7, 11) is 1.57. The van der Waals surface area contributed by atoms with Crippen LogP contribution in [0.4, 0.5) is 0 Å². The standard InChI is InChI=1S/C9H13N3O/c1-13-9-8(4-2-3-5-10)11-6-7-12-9/h2,4,6-7H,3,5,10H2,1H3/b4-2+. The zero-order valence-electron chi connectivity index (χ0n) is 7.60. The maximum atomic E-state index is 5.34. The molecule has 1 rings (SSSR count). The van der Waals surface area contributed by atoms with Crippen molar-refractivity contribution in [2.24, 2.45) is 5.73 Å². The fourth-order valence-corrected chi connectivity index (χ4v) is 0.899. The van der Waals surface area contributed by atoms with Crippen LogP contribution in [0.25, 0.3) is 6.08 Å². The van der Waals surface area contributed by atoms with E-state index in [1.165, 1.54) is 0 Å². The number of methoxy groups -OCH3 is 1. The smallest absolute Gasteiger partial charge is 0.239 e. The van der Waals surface area contributed by atoms with Gasteiger partial charge in [0.1, 0.15) is 5.69 Å². The van der Waals surface area contributed by atoms with Crippen molar-refractivity contribution in [3.05, 3.63) is 24.2 Å². The van der Waals surface area contributed by atoms with Gasteiger partial charge in [0.25, 0.3) is 0 Å². The molecule has 4 heteroatoms. The Morgan fingerprint density at radius 2 is 2.23 bits per heavy atom. The van der Waals surface area contributed by atoms with E-state index in [2.05, 4.69) is 9.97 Å². The number of rotatable bonds is 4. The number of hydrogen-bond acceptors (Lipinski definition) is 4. The van der Waals surface area contributed by atoms with E-state index in [1.54, 1.807) is 19.5 Å². The summed E-state index contributed by atoms with van der Waals surface area (Å²) in [6.07, 6.45) is 7.87.